The van der Waals surface area contributed by atoms with Crippen LogP contribution >= 0.6 is 11.8 Å². The maximum absolute atomic E-state index is 11.9. The number of nitrogens with two attached hydrogens (primary N) is 1. The Hall–Kier alpha value is -1.000. The van der Waals surface area contributed by atoms with Crippen molar-refractivity contribution in [1.82, 2.24) is 4.90 Å². The minimum Gasteiger partial charge on any atom is -0.338 e. The van der Waals surface area contributed by atoms with Crippen LogP contribution in [0.2, 0.25) is 0 Å². The Balaban J connectivity index is 2.51. The van der Waals surface area contributed by atoms with Gasteiger partial charge in [-0.1, -0.05) is 30.3 Å². The molecule has 2 N–H and O–H groups in total. The molecule has 0 heterocycles. The molecule has 1 aromatic rings. The summed E-state index contributed by atoms with van der Waals surface area (Å²) in [6.07, 6.45) is 0. The monoisotopic (exact) mass is 252 g/mol. The summed E-state index contributed by atoms with van der Waals surface area (Å²) in [5.41, 5.74) is 6.56. The lowest BCUT2D eigenvalue weighted by atomic mass is 10.1. The van der Waals surface area contributed by atoms with E-state index in [1.165, 1.54) is 0 Å². The van der Waals surface area contributed by atoms with Gasteiger partial charge < -0.3 is 10.6 Å². The summed E-state index contributed by atoms with van der Waals surface area (Å²) in [5, 5.41) is 0. The number of amides is 1. The second-order valence-corrected chi connectivity index (χ2v) is 5.04. The van der Waals surface area contributed by atoms with Gasteiger partial charge in [0.05, 0.1) is 11.8 Å². The van der Waals surface area contributed by atoms with Gasteiger partial charge in [-0.3, -0.25) is 4.79 Å². The second-order valence-electron chi connectivity index (χ2n) is 3.93. The van der Waals surface area contributed by atoms with E-state index in [2.05, 4.69) is 0 Å². The van der Waals surface area contributed by atoms with Crippen molar-refractivity contribution in [1.29, 1.82) is 0 Å². The Morgan fingerprint density at radius 3 is 2.65 bits per heavy atom. The van der Waals surface area contributed by atoms with Crippen molar-refractivity contribution in [3.8, 4) is 0 Å². The van der Waals surface area contributed by atoms with Crippen LogP contribution in [0.15, 0.2) is 30.3 Å². The van der Waals surface area contributed by atoms with E-state index in [0.717, 1.165) is 11.3 Å². The Morgan fingerprint density at radius 2 is 2.06 bits per heavy atom. The number of carbonyl (C=O) groups is 1. The highest BCUT2D eigenvalue weighted by atomic mass is 32.2. The van der Waals surface area contributed by atoms with E-state index in [-0.39, 0.29) is 11.9 Å². The molecule has 1 aromatic carbocycles. The summed E-state index contributed by atoms with van der Waals surface area (Å²) in [6, 6.07) is 10.2. The van der Waals surface area contributed by atoms with Crippen molar-refractivity contribution in [2.75, 3.05) is 25.1 Å². The summed E-state index contributed by atoms with van der Waals surface area (Å²) in [5.74, 6) is 1.49. The Labute approximate surface area is 107 Å². The molecular weight excluding hydrogens is 232 g/mol. The molecule has 0 bridgehead atoms. The summed E-state index contributed by atoms with van der Waals surface area (Å²) in [6.45, 7) is 2.66. The van der Waals surface area contributed by atoms with Crippen molar-refractivity contribution in [2.45, 2.75) is 13.0 Å². The van der Waals surface area contributed by atoms with Crippen LogP contribution < -0.4 is 5.73 Å². The van der Waals surface area contributed by atoms with Gasteiger partial charge in [0.25, 0.3) is 0 Å². The maximum Gasteiger partial charge on any atom is 0.232 e. The third kappa shape index (κ3) is 4.40. The minimum atomic E-state index is 0.113. The van der Waals surface area contributed by atoms with E-state index < -0.39 is 0 Å². The number of thioether (sulfide) groups is 1. The van der Waals surface area contributed by atoms with E-state index in [0.29, 0.717) is 12.3 Å². The first-order chi connectivity index (χ1) is 8.16. The van der Waals surface area contributed by atoms with Gasteiger partial charge in [0.2, 0.25) is 5.91 Å². The molecule has 1 atom stereocenters. The number of hydrogen-bond acceptors (Lipinski definition) is 3. The fourth-order valence-electron chi connectivity index (χ4n) is 1.52. The van der Waals surface area contributed by atoms with Gasteiger partial charge in [0.1, 0.15) is 0 Å². The first kappa shape index (κ1) is 14.1. The van der Waals surface area contributed by atoms with Gasteiger partial charge in [-0.2, -0.15) is 11.8 Å². The Kier molecular flexibility index (Phi) is 6.08. The molecule has 1 amide bonds. The molecule has 0 aliphatic carbocycles. The number of rotatable bonds is 6. The minimum absolute atomic E-state index is 0.113. The van der Waals surface area contributed by atoms with Crippen LogP contribution in [0.1, 0.15) is 18.5 Å². The largest absolute Gasteiger partial charge is 0.338 e. The van der Waals surface area contributed by atoms with Crippen molar-refractivity contribution in [3.05, 3.63) is 35.9 Å². The predicted molar refractivity (Wildman–Crippen MR) is 74.0 cm³/mol. The third-order valence-corrected chi connectivity index (χ3v) is 3.72. The van der Waals surface area contributed by atoms with E-state index >= 15 is 0 Å². The highest BCUT2D eigenvalue weighted by molar-refractivity contribution is 7.99. The number of carbonyl (C=O) groups excluding carboxylic acids is 1. The highest BCUT2D eigenvalue weighted by Gasteiger charge is 2.16. The number of nitrogens with zero attached hydrogens (tertiary/aromatic N) is 1. The van der Waals surface area contributed by atoms with Crippen LogP contribution in [0, 0.1) is 0 Å². The van der Waals surface area contributed by atoms with Gasteiger partial charge >= 0.3 is 0 Å². The van der Waals surface area contributed by atoms with Crippen LogP contribution in [0.25, 0.3) is 0 Å². The zero-order valence-electron chi connectivity index (χ0n) is 10.4. The zero-order valence-corrected chi connectivity index (χ0v) is 11.2. The normalized spacial score (nSPS) is 12.2. The van der Waals surface area contributed by atoms with Crippen molar-refractivity contribution in [2.24, 2.45) is 5.73 Å². The second kappa shape index (κ2) is 7.35. The summed E-state index contributed by atoms with van der Waals surface area (Å²) < 4.78 is 0. The molecule has 0 spiro atoms. The van der Waals surface area contributed by atoms with Crippen LogP contribution in [-0.2, 0) is 4.79 Å². The smallest absolute Gasteiger partial charge is 0.232 e. The molecule has 0 fully saturated rings. The first-order valence-electron chi connectivity index (χ1n) is 5.75. The highest BCUT2D eigenvalue weighted by Crippen LogP contribution is 2.18. The van der Waals surface area contributed by atoms with Gasteiger partial charge in [-0.05, 0) is 12.5 Å². The molecule has 0 aliphatic rings. The Bertz CT molecular complexity index is 343. The van der Waals surface area contributed by atoms with E-state index in [4.69, 9.17) is 5.73 Å². The Morgan fingerprint density at radius 1 is 1.41 bits per heavy atom. The summed E-state index contributed by atoms with van der Waals surface area (Å²) >= 11 is 1.59. The van der Waals surface area contributed by atoms with Crippen molar-refractivity contribution in [3.63, 3.8) is 0 Å². The van der Waals surface area contributed by atoms with Gasteiger partial charge in [-0.15, -0.1) is 0 Å². The molecule has 1 unspecified atom stereocenters. The average Bonchev–Trinajstić information content (AvgIpc) is 2.38. The topological polar surface area (TPSA) is 46.3 Å². The van der Waals surface area contributed by atoms with E-state index in [1.807, 2.05) is 44.3 Å². The molecule has 4 heteroatoms. The maximum atomic E-state index is 11.9. The summed E-state index contributed by atoms with van der Waals surface area (Å²) in [4.78, 5) is 13.7. The number of hydrogen-bond donors (Lipinski definition) is 1. The molecule has 1 rings (SSSR count). The van der Waals surface area contributed by atoms with Crippen LogP contribution in [0.4, 0.5) is 0 Å². The van der Waals surface area contributed by atoms with Gasteiger partial charge in [0, 0.05) is 19.3 Å². The molecule has 17 heavy (non-hydrogen) atoms. The fourth-order valence-corrected chi connectivity index (χ4v) is 2.21. The zero-order chi connectivity index (χ0) is 12.7. The number of benzene rings is 1. The molecule has 0 aliphatic heterocycles. The van der Waals surface area contributed by atoms with Crippen LogP contribution in [0.5, 0.6) is 0 Å². The molecular formula is C13H20N2OS. The van der Waals surface area contributed by atoms with Gasteiger partial charge in [-0.25, -0.2) is 0 Å². The summed E-state index contributed by atoms with van der Waals surface area (Å²) in [7, 11) is 1.85. The lowest BCUT2D eigenvalue weighted by Gasteiger charge is -2.25. The van der Waals surface area contributed by atoms with Crippen LogP contribution in [-0.4, -0.2) is 35.9 Å². The molecule has 3 nitrogen and oxygen atoms in total. The predicted octanol–water partition coefficient (Wildman–Crippen LogP) is 1.90. The molecule has 0 aromatic heterocycles. The molecule has 0 radical (unpaired) electrons. The SMILES string of the molecule is CC(c1ccccc1)N(C)C(=O)CSCCN. The third-order valence-electron chi connectivity index (χ3n) is 2.74. The molecule has 94 valence electrons. The fraction of sp³-hybridized carbons (Fsp3) is 0.462. The van der Waals surface area contributed by atoms with E-state index in [1.54, 1.807) is 16.7 Å². The average molecular weight is 252 g/mol. The van der Waals surface area contributed by atoms with Crippen molar-refractivity contribution < 1.29 is 4.79 Å². The lowest BCUT2D eigenvalue weighted by Crippen LogP contribution is -2.31. The molecule has 0 saturated carbocycles. The van der Waals surface area contributed by atoms with Gasteiger partial charge in [0.15, 0.2) is 0 Å². The lowest BCUT2D eigenvalue weighted by molar-refractivity contribution is -0.128. The molecule has 0 saturated heterocycles. The van der Waals surface area contributed by atoms with Crippen molar-refractivity contribution >= 4 is 17.7 Å². The standard InChI is InChI=1S/C13H20N2OS/c1-11(12-6-4-3-5-7-12)15(2)13(16)10-17-9-8-14/h3-7,11H,8-10,14H2,1-2H3. The van der Waals surface area contributed by atoms with E-state index in [9.17, 15) is 4.79 Å². The van der Waals surface area contributed by atoms with Crippen LogP contribution in [0.3, 0.4) is 0 Å². The quantitative estimate of drug-likeness (QED) is 0.787. The first-order valence-corrected chi connectivity index (χ1v) is 6.90.